The van der Waals surface area contributed by atoms with Crippen molar-refractivity contribution in [3.05, 3.63) is 29.8 Å². The Morgan fingerprint density at radius 3 is 1.86 bits per heavy atom. The van der Waals surface area contributed by atoms with Gasteiger partial charge >= 0.3 is 23.3 Å². The summed E-state index contributed by atoms with van der Waals surface area (Å²) in [5, 5.41) is -5.39. The van der Waals surface area contributed by atoms with Crippen LogP contribution in [0.5, 0.6) is 0 Å². The van der Waals surface area contributed by atoms with Crippen molar-refractivity contribution in [2.24, 2.45) is 0 Å². The number of ether oxygens (including phenoxy) is 1. The lowest BCUT2D eigenvalue weighted by Crippen LogP contribution is -2.49. The van der Waals surface area contributed by atoms with Crippen LogP contribution in [0.1, 0.15) is 10.4 Å². The molecule has 0 aliphatic heterocycles. The van der Waals surface area contributed by atoms with E-state index in [1.165, 1.54) is 0 Å². The summed E-state index contributed by atoms with van der Waals surface area (Å²) in [6.07, 6.45) is -6.38. The van der Waals surface area contributed by atoms with Gasteiger partial charge in [-0.2, -0.15) is 30.7 Å². The fourth-order valence-corrected chi connectivity index (χ4v) is 1.97. The van der Waals surface area contributed by atoms with E-state index in [1.54, 1.807) is 0 Å². The van der Waals surface area contributed by atoms with Crippen molar-refractivity contribution in [3.63, 3.8) is 0 Å². The molecule has 0 saturated carbocycles. The Morgan fingerprint density at radius 2 is 1.48 bits per heavy atom. The third-order valence-electron chi connectivity index (χ3n) is 2.24. The van der Waals surface area contributed by atoms with Gasteiger partial charge in [0.15, 0.2) is 0 Å². The van der Waals surface area contributed by atoms with Crippen molar-refractivity contribution in [3.8, 4) is 0 Å². The SMILES string of the molecule is COC(=O)c1ccc(SC(F)(F)C(F)(F)C(F)(F)F)cc1. The molecule has 118 valence electrons. The fourth-order valence-electron chi connectivity index (χ4n) is 1.15. The number of esters is 1. The van der Waals surface area contributed by atoms with Crippen molar-refractivity contribution >= 4 is 17.7 Å². The molecule has 0 atom stereocenters. The second kappa shape index (κ2) is 5.74. The van der Waals surface area contributed by atoms with Crippen molar-refractivity contribution in [1.29, 1.82) is 0 Å². The van der Waals surface area contributed by atoms with Crippen LogP contribution in [0.2, 0.25) is 0 Å². The molecule has 0 aromatic heterocycles. The van der Waals surface area contributed by atoms with E-state index in [2.05, 4.69) is 4.74 Å². The lowest BCUT2D eigenvalue weighted by Gasteiger charge is -2.27. The van der Waals surface area contributed by atoms with Gasteiger partial charge in [0.2, 0.25) is 0 Å². The van der Waals surface area contributed by atoms with Crippen LogP contribution >= 0.6 is 11.8 Å². The zero-order valence-corrected chi connectivity index (χ0v) is 11.0. The number of carbonyl (C=O) groups is 1. The number of rotatable bonds is 4. The van der Waals surface area contributed by atoms with Gasteiger partial charge < -0.3 is 4.74 Å². The number of thioether (sulfide) groups is 1. The molecule has 0 spiro atoms. The number of alkyl halides is 7. The van der Waals surface area contributed by atoms with Crippen LogP contribution in [-0.4, -0.2) is 30.4 Å². The Morgan fingerprint density at radius 1 is 1.00 bits per heavy atom. The maximum absolute atomic E-state index is 13.1. The van der Waals surface area contributed by atoms with E-state index in [0.29, 0.717) is 0 Å². The van der Waals surface area contributed by atoms with E-state index in [-0.39, 0.29) is 5.56 Å². The minimum atomic E-state index is -6.38. The summed E-state index contributed by atoms with van der Waals surface area (Å²) in [6.45, 7) is 0. The van der Waals surface area contributed by atoms with E-state index < -0.39 is 40.0 Å². The summed E-state index contributed by atoms with van der Waals surface area (Å²) in [7, 11) is 1.06. The van der Waals surface area contributed by atoms with Crippen LogP contribution in [0.25, 0.3) is 0 Å². The van der Waals surface area contributed by atoms with E-state index in [9.17, 15) is 35.5 Å². The Labute approximate surface area is 118 Å². The van der Waals surface area contributed by atoms with Crippen molar-refractivity contribution in [2.75, 3.05) is 7.11 Å². The van der Waals surface area contributed by atoms with Crippen LogP contribution < -0.4 is 0 Å². The normalized spacial score (nSPS) is 13.1. The average Bonchev–Trinajstić information content (AvgIpc) is 2.36. The highest BCUT2D eigenvalue weighted by atomic mass is 32.2. The van der Waals surface area contributed by atoms with Crippen LogP contribution in [0.15, 0.2) is 29.2 Å². The van der Waals surface area contributed by atoms with Gasteiger partial charge in [-0.05, 0) is 36.0 Å². The summed E-state index contributed by atoms with van der Waals surface area (Å²) in [5.41, 5.74) is -0.0623. The van der Waals surface area contributed by atoms with Gasteiger partial charge in [0.25, 0.3) is 0 Å². The molecule has 0 bridgehead atoms. The summed E-state index contributed by atoms with van der Waals surface area (Å²) >= 11 is -0.948. The molecule has 1 aromatic rings. The first-order valence-electron chi connectivity index (χ1n) is 5.12. The molecular formula is C11H7F7O2S. The molecule has 0 radical (unpaired) electrons. The van der Waals surface area contributed by atoms with Gasteiger partial charge in [-0.3, -0.25) is 0 Å². The Balaban J connectivity index is 2.97. The lowest BCUT2D eigenvalue weighted by atomic mass is 10.2. The molecular weight excluding hydrogens is 329 g/mol. The molecule has 10 heteroatoms. The third-order valence-corrected chi connectivity index (χ3v) is 3.26. The van der Waals surface area contributed by atoms with E-state index in [1.807, 2.05) is 0 Å². The van der Waals surface area contributed by atoms with E-state index >= 15 is 0 Å². The number of hydrogen-bond acceptors (Lipinski definition) is 3. The highest BCUT2D eigenvalue weighted by Crippen LogP contribution is 2.53. The number of halogens is 7. The minimum absolute atomic E-state index is 0.0623. The monoisotopic (exact) mass is 336 g/mol. The van der Waals surface area contributed by atoms with E-state index in [0.717, 1.165) is 31.4 Å². The van der Waals surface area contributed by atoms with Gasteiger partial charge in [0, 0.05) is 4.90 Å². The number of benzene rings is 1. The van der Waals surface area contributed by atoms with Crippen molar-refractivity contribution in [2.45, 2.75) is 22.2 Å². The predicted octanol–water partition coefficient (Wildman–Crippen LogP) is 4.36. The Hall–Kier alpha value is -1.45. The van der Waals surface area contributed by atoms with Gasteiger partial charge in [0.05, 0.1) is 12.7 Å². The topological polar surface area (TPSA) is 26.3 Å². The van der Waals surface area contributed by atoms with Gasteiger partial charge in [-0.15, -0.1) is 0 Å². The first-order valence-corrected chi connectivity index (χ1v) is 5.94. The molecule has 0 aliphatic rings. The molecule has 21 heavy (non-hydrogen) atoms. The smallest absolute Gasteiger partial charge is 0.460 e. The Kier molecular flexibility index (Phi) is 4.81. The van der Waals surface area contributed by atoms with Crippen molar-refractivity contribution in [1.82, 2.24) is 0 Å². The molecule has 1 rings (SSSR count). The fraction of sp³-hybridized carbons (Fsp3) is 0.364. The molecule has 0 amide bonds. The quantitative estimate of drug-likeness (QED) is 0.464. The highest BCUT2D eigenvalue weighted by molar-refractivity contribution is 8.00. The summed E-state index contributed by atoms with van der Waals surface area (Å²) in [4.78, 5) is 10.5. The Bertz CT molecular complexity index is 510. The van der Waals surface area contributed by atoms with Gasteiger partial charge in [-0.25, -0.2) is 4.79 Å². The first kappa shape index (κ1) is 17.6. The molecule has 1 aromatic carbocycles. The van der Waals surface area contributed by atoms with Crippen LogP contribution in [0.4, 0.5) is 30.7 Å². The zero-order chi connectivity index (χ0) is 16.5. The van der Waals surface area contributed by atoms with Gasteiger partial charge in [0.1, 0.15) is 0 Å². The third kappa shape index (κ3) is 3.60. The number of hydrogen-bond donors (Lipinski definition) is 0. The van der Waals surface area contributed by atoms with Crippen molar-refractivity contribution < 1.29 is 40.3 Å². The molecule has 0 fully saturated rings. The summed E-state index contributed by atoms with van der Waals surface area (Å²) in [6, 6.07) is 3.57. The highest BCUT2D eigenvalue weighted by Gasteiger charge is 2.73. The van der Waals surface area contributed by atoms with Crippen LogP contribution in [-0.2, 0) is 4.74 Å². The minimum Gasteiger partial charge on any atom is -0.465 e. The van der Waals surface area contributed by atoms with Crippen LogP contribution in [0, 0.1) is 0 Å². The second-order valence-corrected chi connectivity index (χ2v) is 4.90. The molecule has 0 unspecified atom stereocenters. The van der Waals surface area contributed by atoms with Gasteiger partial charge in [-0.1, -0.05) is 0 Å². The maximum atomic E-state index is 13.1. The molecule has 0 heterocycles. The van der Waals surface area contributed by atoms with Crippen LogP contribution in [0.3, 0.4) is 0 Å². The molecule has 0 saturated heterocycles. The summed E-state index contributed by atoms with van der Waals surface area (Å²) in [5.74, 6) is -7.00. The number of methoxy groups -OCH3 is 1. The first-order chi connectivity index (χ1) is 9.42. The molecule has 0 aliphatic carbocycles. The average molecular weight is 336 g/mol. The standard InChI is InChI=1S/C11H7F7O2S/c1-20-8(19)6-2-4-7(5-3-6)21-11(17,18)9(12,13)10(14,15)16/h2-5H,1H3. The molecule has 2 nitrogen and oxygen atoms in total. The van der Waals surface area contributed by atoms with E-state index in [4.69, 9.17) is 0 Å². The number of carbonyl (C=O) groups excluding carboxylic acids is 1. The lowest BCUT2D eigenvalue weighted by molar-refractivity contribution is -0.330. The largest absolute Gasteiger partial charge is 0.465 e. The molecule has 0 N–H and O–H groups in total. The summed E-state index contributed by atoms with van der Waals surface area (Å²) < 4.78 is 91.7. The zero-order valence-electron chi connectivity index (χ0n) is 10.2. The maximum Gasteiger partial charge on any atom is 0.460 e. The predicted molar refractivity (Wildman–Crippen MR) is 59.6 cm³/mol. The second-order valence-electron chi connectivity index (χ2n) is 3.71.